The van der Waals surface area contributed by atoms with Gasteiger partial charge in [0.05, 0.1) is 24.4 Å². The van der Waals surface area contributed by atoms with Crippen LogP contribution in [0.15, 0.2) is 23.3 Å². The van der Waals surface area contributed by atoms with Crippen molar-refractivity contribution in [1.29, 1.82) is 0 Å². The lowest BCUT2D eigenvalue weighted by Crippen LogP contribution is -2.50. The number of phenols is 1. The molecule has 8 nitrogen and oxygen atoms in total. The van der Waals surface area contributed by atoms with Gasteiger partial charge >= 0.3 is 5.97 Å². The number of hydrogen-bond acceptors (Lipinski definition) is 5. The number of ketones is 1. The number of hydrogen-bond donors (Lipinski definition) is 1. The van der Waals surface area contributed by atoms with Gasteiger partial charge in [-0.15, -0.1) is 0 Å². The number of phenolic OH excluding ortho intramolecular Hbond substituents is 1. The van der Waals surface area contributed by atoms with Gasteiger partial charge in [0.1, 0.15) is 11.5 Å². The van der Waals surface area contributed by atoms with Gasteiger partial charge in [-0.25, -0.2) is 0 Å². The average molecular weight is 401 g/mol. The van der Waals surface area contributed by atoms with Crippen LogP contribution in [-0.2, 0) is 19.1 Å². The Balaban J connectivity index is 1.99. The van der Waals surface area contributed by atoms with E-state index in [2.05, 4.69) is 29.7 Å². The normalized spacial score (nSPS) is 25.6. The maximum absolute atomic E-state index is 12.9. The second-order valence-corrected chi connectivity index (χ2v) is 14.2. The van der Waals surface area contributed by atoms with Crippen LogP contribution in [0.25, 0.3) is 10.4 Å². The highest BCUT2D eigenvalue weighted by atomic mass is 28.3. The second kappa shape index (κ2) is 7.41. The first-order valence-corrected chi connectivity index (χ1v) is 13.0. The Kier molecular flexibility index (Phi) is 5.32. The van der Waals surface area contributed by atoms with Gasteiger partial charge in [-0.2, -0.15) is 0 Å². The molecule has 3 aliphatic carbocycles. The molecule has 1 aromatic rings. The summed E-state index contributed by atoms with van der Waals surface area (Å²) in [7, 11) is -1.41. The Labute approximate surface area is 163 Å². The highest BCUT2D eigenvalue weighted by Crippen LogP contribution is 2.55. The summed E-state index contributed by atoms with van der Waals surface area (Å²) < 4.78 is 5.49. The summed E-state index contributed by atoms with van der Waals surface area (Å²) in [6.45, 7) is 6.76. The summed E-state index contributed by atoms with van der Waals surface area (Å²) in [5.41, 5.74) is 9.99. The second-order valence-electron chi connectivity index (χ2n) is 8.63. The van der Waals surface area contributed by atoms with Gasteiger partial charge in [0.15, 0.2) is 0 Å². The van der Waals surface area contributed by atoms with Crippen LogP contribution in [-0.4, -0.2) is 37.4 Å². The van der Waals surface area contributed by atoms with Crippen molar-refractivity contribution < 1.29 is 24.2 Å². The molecule has 9 heteroatoms. The fourth-order valence-electron chi connectivity index (χ4n) is 4.24. The van der Waals surface area contributed by atoms with Gasteiger partial charge in [0, 0.05) is 25.3 Å². The summed E-state index contributed by atoms with van der Waals surface area (Å²) in [6, 6.07) is 5.43. The number of ether oxygens (including phenoxy) is 1. The van der Waals surface area contributed by atoms with Gasteiger partial charge < -0.3 is 9.84 Å². The van der Waals surface area contributed by atoms with Crippen LogP contribution in [0.3, 0.4) is 0 Å². The monoisotopic (exact) mass is 401 g/mol. The third-order valence-electron chi connectivity index (χ3n) is 5.55. The average Bonchev–Trinajstić information content (AvgIpc) is 2.59. The minimum absolute atomic E-state index is 0.0247. The number of carbonyl (C=O) groups is 3. The molecule has 0 saturated heterocycles. The zero-order chi connectivity index (χ0) is 20.6. The number of amides is 1. The van der Waals surface area contributed by atoms with Crippen LogP contribution in [0.4, 0.5) is 0 Å². The van der Waals surface area contributed by atoms with Crippen molar-refractivity contribution in [2.45, 2.75) is 43.9 Å². The molecule has 0 aliphatic heterocycles. The summed E-state index contributed by atoms with van der Waals surface area (Å²) in [4.78, 5) is 40.7. The summed E-state index contributed by atoms with van der Waals surface area (Å²) in [6.07, 6.45) is 0.121. The molecule has 1 N–H and O–H groups in total. The molecule has 0 radical (unpaired) electrons. The van der Waals surface area contributed by atoms with E-state index in [0.717, 1.165) is 11.6 Å². The molecule has 1 amide bonds. The van der Waals surface area contributed by atoms with Crippen LogP contribution in [0.1, 0.15) is 29.4 Å². The van der Waals surface area contributed by atoms with Crippen molar-refractivity contribution in [2.75, 3.05) is 6.61 Å². The largest absolute Gasteiger partial charge is 0.508 e. The van der Waals surface area contributed by atoms with Crippen LogP contribution in [0.2, 0.25) is 25.7 Å². The Hall–Kier alpha value is -2.64. The number of benzene rings is 1. The Morgan fingerprint density at radius 2 is 2.00 bits per heavy atom. The number of carbonyl (C=O) groups excluding carboxylic acids is 3. The van der Waals surface area contributed by atoms with E-state index >= 15 is 0 Å². The first kappa shape index (κ1) is 20.1. The Morgan fingerprint density at radius 1 is 1.29 bits per heavy atom. The molecule has 1 fully saturated rings. The molecule has 1 saturated carbocycles. The lowest BCUT2D eigenvalue weighted by molar-refractivity contribution is -0.157. The molecule has 28 heavy (non-hydrogen) atoms. The van der Waals surface area contributed by atoms with Gasteiger partial charge in [-0.3, -0.25) is 14.4 Å². The molecule has 1 aromatic carbocycles. The predicted molar refractivity (Wildman–Crippen MR) is 103 cm³/mol. The Morgan fingerprint density at radius 3 is 2.64 bits per heavy atom. The van der Waals surface area contributed by atoms with E-state index in [1.54, 1.807) is 6.07 Å². The summed E-state index contributed by atoms with van der Waals surface area (Å²) in [5.74, 6) is -5.02. The molecule has 0 aromatic heterocycles. The molecular weight excluding hydrogens is 378 g/mol. The van der Waals surface area contributed by atoms with E-state index in [-0.39, 0.29) is 24.6 Å². The van der Waals surface area contributed by atoms with Crippen LogP contribution in [0.5, 0.6) is 5.75 Å². The number of rotatable bonds is 5. The third kappa shape index (κ3) is 3.68. The van der Waals surface area contributed by atoms with E-state index < -0.39 is 43.6 Å². The number of esters is 1. The van der Waals surface area contributed by atoms with Crippen LogP contribution in [0, 0.1) is 11.8 Å². The molecule has 4 rings (SSSR count). The molecule has 0 spiro atoms. The lowest BCUT2D eigenvalue weighted by Gasteiger charge is -2.46. The molecular formula is C19H23N3O5Si. The number of Topliss-reactive ketones (excluding diaryl/α,β-unsaturated/α-hetero) is 1. The van der Waals surface area contributed by atoms with Crippen molar-refractivity contribution in [3.8, 4) is 5.75 Å². The molecule has 3 aliphatic rings. The maximum Gasteiger partial charge on any atom is 0.310 e. The van der Waals surface area contributed by atoms with Crippen LogP contribution >= 0.6 is 0 Å². The van der Waals surface area contributed by atoms with Crippen molar-refractivity contribution in [2.24, 2.45) is 17.0 Å². The van der Waals surface area contributed by atoms with Gasteiger partial charge in [-0.05, 0) is 39.9 Å². The first-order chi connectivity index (χ1) is 13.1. The van der Waals surface area contributed by atoms with Crippen molar-refractivity contribution in [3.05, 3.63) is 39.8 Å². The fourth-order valence-corrected chi connectivity index (χ4v) is 4.95. The molecule has 0 heterocycles. The van der Waals surface area contributed by atoms with Crippen molar-refractivity contribution in [1.82, 2.24) is 0 Å². The Bertz CT molecular complexity index is 888. The van der Waals surface area contributed by atoms with E-state index in [1.807, 2.05) is 0 Å². The van der Waals surface area contributed by atoms with Gasteiger partial charge in [0.2, 0.25) is 5.91 Å². The smallest absolute Gasteiger partial charge is 0.310 e. The predicted octanol–water partition coefficient (Wildman–Crippen LogP) is 3.50. The standard InChI is InChI=1S/C19H23N3O5Si/c1-28(2,3)7-6-27-19(26)16-13-9-14(24)15(17(16)18(25)21-22-20)12-8-10(23)4-5-11(12)13/h4-5,8,13,15-17,23H,6-7,9H2,1-3H3. The zero-order valence-corrected chi connectivity index (χ0v) is 17.1. The molecule has 4 unspecified atom stereocenters. The first-order valence-electron chi connectivity index (χ1n) is 9.25. The van der Waals surface area contributed by atoms with E-state index in [9.17, 15) is 19.5 Å². The van der Waals surface area contributed by atoms with E-state index in [1.165, 1.54) is 12.1 Å². The minimum atomic E-state index is -1.41. The summed E-state index contributed by atoms with van der Waals surface area (Å²) >= 11 is 0. The minimum Gasteiger partial charge on any atom is -0.508 e. The number of aromatic hydroxyl groups is 1. The van der Waals surface area contributed by atoms with E-state index in [0.29, 0.717) is 5.56 Å². The SMILES string of the molecule is C[Si](C)(C)CCOC(=O)C1C2CC(=O)C(c3cc(O)ccc32)C1C(=O)N=[N+]=[N-]. The zero-order valence-electron chi connectivity index (χ0n) is 16.1. The molecule has 148 valence electrons. The lowest BCUT2D eigenvalue weighted by atomic mass is 9.55. The topological polar surface area (TPSA) is 129 Å². The highest BCUT2D eigenvalue weighted by Gasteiger charge is 2.56. The highest BCUT2D eigenvalue weighted by molar-refractivity contribution is 6.76. The summed E-state index contributed by atoms with van der Waals surface area (Å²) in [5, 5.41) is 13.0. The molecule has 2 bridgehead atoms. The van der Waals surface area contributed by atoms with E-state index in [4.69, 9.17) is 10.3 Å². The number of nitrogens with zero attached hydrogens (tertiary/aromatic N) is 3. The van der Waals surface area contributed by atoms with Crippen LogP contribution < -0.4 is 0 Å². The van der Waals surface area contributed by atoms with Gasteiger partial charge in [-0.1, -0.05) is 25.7 Å². The van der Waals surface area contributed by atoms with Crippen molar-refractivity contribution >= 4 is 25.7 Å². The third-order valence-corrected chi connectivity index (χ3v) is 7.25. The quantitative estimate of drug-likeness (QED) is 0.265. The molecule has 4 atom stereocenters. The maximum atomic E-state index is 12.9. The fraction of sp³-hybridized carbons (Fsp3) is 0.526. The van der Waals surface area contributed by atoms with Crippen molar-refractivity contribution in [3.63, 3.8) is 0 Å². The van der Waals surface area contributed by atoms with Gasteiger partial charge in [0.25, 0.3) is 0 Å². The number of azide groups is 1. The number of fused-ring (bicyclic) bond motifs is 2.